The van der Waals surface area contributed by atoms with E-state index in [0.717, 1.165) is 24.0 Å². The fourth-order valence-electron chi connectivity index (χ4n) is 2.54. The molecule has 1 saturated heterocycles. The lowest BCUT2D eigenvalue weighted by Crippen LogP contribution is -2.48. The van der Waals surface area contributed by atoms with Gasteiger partial charge in [-0.3, -0.25) is 4.90 Å². The summed E-state index contributed by atoms with van der Waals surface area (Å²) in [7, 11) is 0. The fraction of sp³-hybridized carbons (Fsp3) is 0.600. The van der Waals surface area contributed by atoms with Crippen molar-refractivity contribution < 1.29 is 14.2 Å². The SMILES string of the molecule is CCCN1CCOC(C(O)Cc2cc(Br)ccc2F)C1. The highest BCUT2D eigenvalue weighted by atomic mass is 79.9. The molecule has 0 amide bonds. The Morgan fingerprint density at radius 2 is 2.35 bits per heavy atom. The van der Waals surface area contributed by atoms with Gasteiger partial charge in [0.2, 0.25) is 0 Å². The first-order valence-corrected chi connectivity index (χ1v) is 7.85. The summed E-state index contributed by atoms with van der Waals surface area (Å²) >= 11 is 3.32. The van der Waals surface area contributed by atoms with Crippen LogP contribution in [0, 0.1) is 5.82 Å². The molecule has 2 atom stereocenters. The third kappa shape index (κ3) is 4.25. The second-order valence-corrected chi connectivity index (χ2v) is 6.13. The van der Waals surface area contributed by atoms with Crippen molar-refractivity contribution >= 4 is 15.9 Å². The van der Waals surface area contributed by atoms with Crippen LogP contribution < -0.4 is 0 Å². The van der Waals surface area contributed by atoms with Crippen molar-refractivity contribution in [1.82, 2.24) is 4.90 Å². The maximum atomic E-state index is 13.7. The number of hydrogen-bond acceptors (Lipinski definition) is 3. The monoisotopic (exact) mass is 345 g/mol. The molecular formula is C15H21BrFNO2. The number of halogens is 2. The average molecular weight is 346 g/mol. The molecule has 0 saturated carbocycles. The average Bonchev–Trinajstić information content (AvgIpc) is 2.43. The Labute approximate surface area is 127 Å². The molecule has 0 spiro atoms. The fourth-order valence-corrected chi connectivity index (χ4v) is 2.95. The summed E-state index contributed by atoms with van der Waals surface area (Å²) in [6, 6.07) is 4.79. The molecule has 1 aromatic carbocycles. The minimum atomic E-state index is -0.682. The van der Waals surface area contributed by atoms with Gasteiger partial charge in [0.1, 0.15) is 5.82 Å². The predicted molar refractivity (Wildman–Crippen MR) is 80.3 cm³/mol. The third-order valence-electron chi connectivity index (χ3n) is 3.58. The first kappa shape index (κ1) is 15.9. The molecule has 0 radical (unpaired) electrons. The van der Waals surface area contributed by atoms with E-state index in [0.29, 0.717) is 18.7 Å². The molecule has 1 aromatic rings. The van der Waals surface area contributed by atoms with Crippen LogP contribution in [0.25, 0.3) is 0 Å². The second kappa shape index (κ2) is 7.50. The van der Waals surface area contributed by atoms with Crippen LogP contribution in [0.3, 0.4) is 0 Å². The number of rotatable bonds is 5. The summed E-state index contributed by atoms with van der Waals surface area (Å²) in [6.07, 6.45) is 0.436. The number of aliphatic hydroxyl groups is 1. The standard InChI is InChI=1S/C15H21BrFNO2/c1-2-5-18-6-7-20-15(10-18)14(19)9-11-8-12(16)3-4-13(11)17/h3-4,8,14-15,19H,2,5-7,9-10H2,1H3. The molecule has 0 aromatic heterocycles. The van der Waals surface area contributed by atoms with Gasteiger partial charge in [-0.25, -0.2) is 4.39 Å². The number of nitrogens with zero attached hydrogens (tertiary/aromatic N) is 1. The molecule has 0 bridgehead atoms. The Hall–Kier alpha value is -0.490. The molecule has 1 aliphatic heterocycles. The van der Waals surface area contributed by atoms with Crippen LogP contribution in [0.4, 0.5) is 4.39 Å². The summed E-state index contributed by atoms with van der Waals surface area (Å²) in [5.74, 6) is -0.284. The summed E-state index contributed by atoms with van der Waals surface area (Å²) in [5, 5.41) is 10.3. The van der Waals surface area contributed by atoms with E-state index in [4.69, 9.17) is 4.74 Å². The number of aliphatic hydroxyl groups excluding tert-OH is 1. The Bertz CT molecular complexity index is 442. The molecule has 1 aliphatic rings. The molecule has 1 fully saturated rings. The van der Waals surface area contributed by atoms with Crippen molar-refractivity contribution in [3.05, 3.63) is 34.1 Å². The van der Waals surface area contributed by atoms with E-state index >= 15 is 0 Å². The van der Waals surface area contributed by atoms with Gasteiger partial charge in [0, 0.05) is 24.0 Å². The molecule has 0 aliphatic carbocycles. The summed E-state index contributed by atoms with van der Waals surface area (Å²) in [6.45, 7) is 5.39. The van der Waals surface area contributed by atoms with Gasteiger partial charge in [-0.2, -0.15) is 0 Å². The van der Waals surface area contributed by atoms with E-state index in [-0.39, 0.29) is 18.3 Å². The van der Waals surface area contributed by atoms with Crippen LogP contribution in [-0.4, -0.2) is 48.5 Å². The van der Waals surface area contributed by atoms with Gasteiger partial charge in [0.05, 0.1) is 18.8 Å². The molecule has 5 heteroatoms. The Balaban J connectivity index is 1.96. The van der Waals surface area contributed by atoms with Crippen LogP contribution in [0.2, 0.25) is 0 Å². The highest BCUT2D eigenvalue weighted by Gasteiger charge is 2.27. The highest BCUT2D eigenvalue weighted by Crippen LogP contribution is 2.19. The van der Waals surface area contributed by atoms with E-state index in [2.05, 4.69) is 27.8 Å². The topological polar surface area (TPSA) is 32.7 Å². The van der Waals surface area contributed by atoms with Gasteiger partial charge in [0.15, 0.2) is 0 Å². The van der Waals surface area contributed by atoms with Crippen LogP contribution in [0.15, 0.2) is 22.7 Å². The lowest BCUT2D eigenvalue weighted by molar-refractivity contribution is -0.0879. The van der Waals surface area contributed by atoms with Crippen LogP contribution in [0.5, 0.6) is 0 Å². The van der Waals surface area contributed by atoms with Gasteiger partial charge in [-0.05, 0) is 36.7 Å². The summed E-state index contributed by atoms with van der Waals surface area (Å²) < 4.78 is 20.2. The van der Waals surface area contributed by atoms with E-state index < -0.39 is 6.10 Å². The Morgan fingerprint density at radius 3 is 3.10 bits per heavy atom. The number of ether oxygens (including phenoxy) is 1. The predicted octanol–water partition coefficient (Wildman–Crippen LogP) is 2.60. The van der Waals surface area contributed by atoms with Crippen molar-refractivity contribution in [2.24, 2.45) is 0 Å². The number of hydrogen-bond donors (Lipinski definition) is 1. The van der Waals surface area contributed by atoms with Crippen LogP contribution in [-0.2, 0) is 11.2 Å². The Morgan fingerprint density at radius 1 is 1.55 bits per heavy atom. The zero-order chi connectivity index (χ0) is 14.5. The Kier molecular flexibility index (Phi) is 5.96. The van der Waals surface area contributed by atoms with E-state index in [1.54, 1.807) is 12.1 Å². The quantitative estimate of drug-likeness (QED) is 0.890. The van der Waals surface area contributed by atoms with Crippen molar-refractivity contribution in [3.8, 4) is 0 Å². The largest absolute Gasteiger partial charge is 0.390 e. The van der Waals surface area contributed by atoms with Crippen molar-refractivity contribution in [3.63, 3.8) is 0 Å². The van der Waals surface area contributed by atoms with Gasteiger partial charge >= 0.3 is 0 Å². The second-order valence-electron chi connectivity index (χ2n) is 5.22. The summed E-state index contributed by atoms with van der Waals surface area (Å²) in [4.78, 5) is 2.29. The van der Waals surface area contributed by atoms with Crippen molar-refractivity contribution in [2.45, 2.75) is 32.0 Å². The van der Waals surface area contributed by atoms with Crippen LogP contribution in [0.1, 0.15) is 18.9 Å². The van der Waals surface area contributed by atoms with Gasteiger partial charge in [-0.1, -0.05) is 22.9 Å². The lowest BCUT2D eigenvalue weighted by atomic mass is 10.0. The molecule has 2 rings (SSSR count). The van der Waals surface area contributed by atoms with Crippen LogP contribution >= 0.6 is 15.9 Å². The smallest absolute Gasteiger partial charge is 0.126 e. The lowest BCUT2D eigenvalue weighted by Gasteiger charge is -2.35. The zero-order valence-electron chi connectivity index (χ0n) is 11.7. The van der Waals surface area contributed by atoms with E-state index in [1.807, 2.05) is 0 Å². The number of benzene rings is 1. The number of morpholine rings is 1. The first-order chi connectivity index (χ1) is 9.60. The normalized spacial score (nSPS) is 21.9. The van der Waals surface area contributed by atoms with Crippen molar-refractivity contribution in [2.75, 3.05) is 26.2 Å². The van der Waals surface area contributed by atoms with Gasteiger partial charge < -0.3 is 9.84 Å². The van der Waals surface area contributed by atoms with E-state index in [1.165, 1.54) is 6.07 Å². The maximum Gasteiger partial charge on any atom is 0.126 e. The minimum absolute atomic E-state index is 0.242. The van der Waals surface area contributed by atoms with E-state index in [9.17, 15) is 9.50 Å². The first-order valence-electron chi connectivity index (χ1n) is 7.06. The van der Waals surface area contributed by atoms with Crippen molar-refractivity contribution in [1.29, 1.82) is 0 Å². The molecular weight excluding hydrogens is 325 g/mol. The van der Waals surface area contributed by atoms with Gasteiger partial charge in [-0.15, -0.1) is 0 Å². The highest BCUT2D eigenvalue weighted by molar-refractivity contribution is 9.10. The van der Waals surface area contributed by atoms with Gasteiger partial charge in [0.25, 0.3) is 0 Å². The zero-order valence-corrected chi connectivity index (χ0v) is 13.3. The molecule has 1 N–H and O–H groups in total. The molecule has 3 nitrogen and oxygen atoms in total. The summed E-state index contributed by atoms with van der Waals surface area (Å²) in [5.41, 5.74) is 0.517. The molecule has 1 heterocycles. The molecule has 20 heavy (non-hydrogen) atoms. The molecule has 2 unspecified atom stereocenters. The minimum Gasteiger partial charge on any atom is -0.390 e. The maximum absolute atomic E-state index is 13.7. The third-order valence-corrected chi connectivity index (χ3v) is 4.08. The molecule has 112 valence electrons.